The predicted octanol–water partition coefficient (Wildman–Crippen LogP) is 2.01. The van der Waals surface area contributed by atoms with Crippen LogP contribution in [-0.2, 0) is 9.53 Å². The molecule has 1 amide bonds. The van der Waals surface area contributed by atoms with Crippen molar-refractivity contribution in [3.8, 4) is 0 Å². The molecule has 2 rings (SSSR count). The van der Waals surface area contributed by atoms with Crippen LogP contribution in [0.2, 0.25) is 0 Å². The van der Waals surface area contributed by atoms with Gasteiger partial charge in [-0.05, 0) is 51.9 Å². The lowest BCUT2D eigenvalue weighted by Gasteiger charge is -2.31. The summed E-state index contributed by atoms with van der Waals surface area (Å²) in [6, 6.07) is 5.60. The molecule has 1 aromatic rings. The number of likely N-dealkylation sites (N-methyl/N-ethyl adjacent to an activating group) is 1. The third kappa shape index (κ3) is 3.54. The number of nitrogen functional groups attached to an aromatic ring is 1. The molecule has 1 heterocycles. The Balaban J connectivity index is 2.03. The van der Waals surface area contributed by atoms with Gasteiger partial charge < -0.3 is 15.8 Å². The Bertz CT molecular complexity index is 518. The summed E-state index contributed by atoms with van der Waals surface area (Å²) in [5.41, 5.74) is 8.21. The second-order valence-electron chi connectivity index (χ2n) is 5.84. The Morgan fingerprint density at radius 3 is 2.86 bits per heavy atom. The molecule has 3 unspecified atom stereocenters. The van der Waals surface area contributed by atoms with Crippen LogP contribution in [0.25, 0.3) is 0 Å². The number of hydrogen-bond donors (Lipinski definition) is 2. The van der Waals surface area contributed by atoms with Gasteiger partial charge in [0.05, 0.1) is 12.1 Å². The fraction of sp³-hybridized carbons (Fsp3) is 0.562. The van der Waals surface area contributed by atoms with Crippen molar-refractivity contribution in [2.45, 2.75) is 45.4 Å². The first-order chi connectivity index (χ1) is 9.90. The Labute approximate surface area is 126 Å². The predicted molar refractivity (Wildman–Crippen MR) is 85.3 cm³/mol. The van der Waals surface area contributed by atoms with Crippen molar-refractivity contribution >= 4 is 17.3 Å². The average Bonchev–Trinajstić information content (AvgIpc) is 2.87. The minimum atomic E-state index is -0.222. The molecule has 0 bridgehead atoms. The number of nitrogens with zero attached hydrogens (tertiary/aromatic N) is 1. The zero-order chi connectivity index (χ0) is 15.6. The summed E-state index contributed by atoms with van der Waals surface area (Å²) in [5, 5.41) is 2.97. The van der Waals surface area contributed by atoms with Gasteiger partial charge in [0.1, 0.15) is 0 Å². The van der Waals surface area contributed by atoms with Gasteiger partial charge in [0.25, 0.3) is 0 Å². The lowest BCUT2D eigenvalue weighted by atomic mass is 10.1. The van der Waals surface area contributed by atoms with E-state index in [9.17, 15) is 4.79 Å². The number of carbonyl (C=O) groups is 1. The van der Waals surface area contributed by atoms with Crippen molar-refractivity contribution < 1.29 is 9.53 Å². The van der Waals surface area contributed by atoms with E-state index in [1.165, 1.54) is 0 Å². The summed E-state index contributed by atoms with van der Waals surface area (Å²) in [6.45, 7) is 6.69. The molecule has 1 aliphatic rings. The van der Waals surface area contributed by atoms with E-state index in [1.54, 1.807) is 6.07 Å². The largest absolute Gasteiger partial charge is 0.399 e. The standard InChI is InChI=1S/C16H25N3O2/c1-10-5-6-13(17)9-14(10)18-16(20)11(2)19(4)15-7-8-21-12(15)3/h5-6,9,11-12,15H,7-8,17H2,1-4H3,(H,18,20). The van der Waals surface area contributed by atoms with Crippen LogP contribution < -0.4 is 11.1 Å². The molecule has 1 fully saturated rings. The first kappa shape index (κ1) is 15.8. The molecule has 3 atom stereocenters. The van der Waals surface area contributed by atoms with Crippen molar-refractivity contribution in [1.82, 2.24) is 4.90 Å². The molecule has 0 spiro atoms. The third-order valence-electron chi connectivity index (χ3n) is 4.37. The molecule has 5 nitrogen and oxygen atoms in total. The quantitative estimate of drug-likeness (QED) is 0.833. The molecule has 0 aliphatic carbocycles. The van der Waals surface area contributed by atoms with E-state index in [0.717, 1.165) is 24.3 Å². The van der Waals surface area contributed by atoms with Gasteiger partial charge in [-0.3, -0.25) is 9.69 Å². The van der Waals surface area contributed by atoms with Crippen molar-refractivity contribution in [3.63, 3.8) is 0 Å². The van der Waals surface area contributed by atoms with Crippen molar-refractivity contribution in [2.75, 3.05) is 24.7 Å². The zero-order valence-corrected chi connectivity index (χ0v) is 13.2. The molecule has 1 saturated heterocycles. The molecular weight excluding hydrogens is 266 g/mol. The summed E-state index contributed by atoms with van der Waals surface area (Å²) < 4.78 is 5.58. The van der Waals surface area contributed by atoms with Crippen LogP contribution in [0.4, 0.5) is 11.4 Å². The van der Waals surface area contributed by atoms with Gasteiger partial charge in [0.2, 0.25) is 5.91 Å². The number of nitrogens with two attached hydrogens (primary N) is 1. The van der Waals surface area contributed by atoms with Crippen LogP contribution in [0, 0.1) is 6.92 Å². The molecule has 5 heteroatoms. The normalized spacial score (nSPS) is 23.3. The molecule has 116 valence electrons. The van der Waals surface area contributed by atoms with Gasteiger partial charge >= 0.3 is 0 Å². The Hall–Kier alpha value is -1.59. The number of aryl methyl sites for hydroxylation is 1. The number of carbonyl (C=O) groups excluding carboxylic acids is 1. The van der Waals surface area contributed by atoms with E-state index >= 15 is 0 Å². The summed E-state index contributed by atoms with van der Waals surface area (Å²) >= 11 is 0. The van der Waals surface area contributed by atoms with Crippen LogP contribution in [-0.4, -0.2) is 42.6 Å². The van der Waals surface area contributed by atoms with Gasteiger partial charge in [-0.1, -0.05) is 6.07 Å². The van der Waals surface area contributed by atoms with E-state index in [2.05, 4.69) is 17.1 Å². The molecule has 3 N–H and O–H groups in total. The van der Waals surface area contributed by atoms with Gasteiger partial charge in [-0.25, -0.2) is 0 Å². The maximum absolute atomic E-state index is 12.4. The summed E-state index contributed by atoms with van der Waals surface area (Å²) in [6.07, 6.45) is 1.13. The first-order valence-corrected chi connectivity index (χ1v) is 7.40. The van der Waals surface area contributed by atoms with Crippen LogP contribution in [0.3, 0.4) is 0 Å². The Morgan fingerprint density at radius 2 is 2.24 bits per heavy atom. The maximum atomic E-state index is 12.4. The molecule has 0 radical (unpaired) electrons. The van der Waals surface area contributed by atoms with Crippen molar-refractivity contribution in [1.29, 1.82) is 0 Å². The minimum Gasteiger partial charge on any atom is -0.399 e. The lowest BCUT2D eigenvalue weighted by Crippen LogP contribution is -2.47. The van der Waals surface area contributed by atoms with Gasteiger partial charge in [-0.15, -0.1) is 0 Å². The summed E-state index contributed by atoms with van der Waals surface area (Å²) in [5.74, 6) is -0.0229. The number of nitrogens with one attached hydrogen (secondary N) is 1. The number of ether oxygens (including phenoxy) is 1. The third-order valence-corrected chi connectivity index (χ3v) is 4.37. The molecule has 0 saturated carbocycles. The number of hydrogen-bond acceptors (Lipinski definition) is 4. The van der Waals surface area contributed by atoms with E-state index < -0.39 is 0 Å². The fourth-order valence-corrected chi connectivity index (χ4v) is 2.74. The highest BCUT2D eigenvalue weighted by molar-refractivity contribution is 5.95. The number of amides is 1. The topological polar surface area (TPSA) is 67.6 Å². The second-order valence-corrected chi connectivity index (χ2v) is 5.84. The molecule has 1 aromatic carbocycles. The second kappa shape index (κ2) is 6.45. The lowest BCUT2D eigenvalue weighted by molar-refractivity contribution is -0.121. The smallest absolute Gasteiger partial charge is 0.241 e. The van der Waals surface area contributed by atoms with Gasteiger partial charge in [0.15, 0.2) is 0 Å². The first-order valence-electron chi connectivity index (χ1n) is 7.40. The van der Waals surface area contributed by atoms with Crippen LogP contribution in [0.15, 0.2) is 18.2 Å². The van der Waals surface area contributed by atoms with Crippen molar-refractivity contribution in [3.05, 3.63) is 23.8 Å². The highest BCUT2D eigenvalue weighted by Crippen LogP contribution is 2.22. The number of benzene rings is 1. The highest BCUT2D eigenvalue weighted by atomic mass is 16.5. The summed E-state index contributed by atoms with van der Waals surface area (Å²) in [7, 11) is 1.98. The highest BCUT2D eigenvalue weighted by Gasteiger charge is 2.32. The molecule has 21 heavy (non-hydrogen) atoms. The fourth-order valence-electron chi connectivity index (χ4n) is 2.74. The van der Waals surface area contributed by atoms with Crippen LogP contribution in [0.1, 0.15) is 25.8 Å². The summed E-state index contributed by atoms with van der Waals surface area (Å²) in [4.78, 5) is 14.5. The monoisotopic (exact) mass is 291 g/mol. The maximum Gasteiger partial charge on any atom is 0.241 e. The molecular formula is C16H25N3O2. The zero-order valence-electron chi connectivity index (χ0n) is 13.2. The van der Waals surface area contributed by atoms with E-state index in [-0.39, 0.29) is 24.1 Å². The number of anilines is 2. The van der Waals surface area contributed by atoms with Gasteiger partial charge in [-0.2, -0.15) is 0 Å². The van der Waals surface area contributed by atoms with E-state index in [4.69, 9.17) is 10.5 Å². The average molecular weight is 291 g/mol. The van der Waals surface area contributed by atoms with E-state index in [1.807, 2.05) is 33.0 Å². The SMILES string of the molecule is Cc1ccc(N)cc1NC(=O)C(C)N(C)C1CCOC1C. The van der Waals surface area contributed by atoms with E-state index in [0.29, 0.717) is 5.69 Å². The van der Waals surface area contributed by atoms with Gasteiger partial charge in [0, 0.05) is 24.0 Å². The van der Waals surface area contributed by atoms with Crippen LogP contribution in [0.5, 0.6) is 0 Å². The Kier molecular flexibility index (Phi) is 4.85. The number of rotatable bonds is 4. The minimum absolute atomic E-state index is 0.0229. The molecule has 0 aromatic heterocycles. The Morgan fingerprint density at radius 1 is 1.52 bits per heavy atom. The van der Waals surface area contributed by atoms with Crippen molar-refractivity contribution in [2.24, 2.45) is 0 Å². The van der Waals surface area contributed by atoms with Crippen LogP contribution >= 0.6 is 0 Å². The molecule has 1 aliphatic heterocycles.